The third-order valence-corrected chi connectivity index (χ3v) is 4.12. The summed E-state index contributed by atoms with van der Waals surface area (Å²) in [6.07, 6.45) is 1.03. The van der Waals surface area contributed by atoms with Gasteiger partial charge in [-0.05, 0) is 35.7 Å². The molecule has 0 saturated carbocycles. The van der Waals surface area contributed by atoms with E-state index in [1.165, 1.54) is 12.1 Å². The van der Waals surface area contributed by atoms with E-state index in [0.29, 0.717) is 25.6 Å². The number of ether oxygens (including phenoxy) is 1. The second kappa shape index (κ2) is 11.6. The van der Waals surface area contributed by atoms with Crippen LogP contribution in [0.5, 0.6) is 5.75 Å². The van der Waals surface area contributed by atoms with Crippen molar-refractivity contribution in [2.75, 3.05) is 33.8 Å². The van der Waals surface area contributed by atoms with Crippen molar-refractivity contribution in [3.05, 3.63) is 65.5 Å². The van der Waals surface area contributed by atoms with E-state index in [-0.39, 0.29) is 18.1 Å². The van der Waals surface area contributed by atoms with E-state index in [4.69, 9.17) is 4.74 Å². The molecule has 6 nitrogen and oxygen atoms in total. The van der Waals surface area contributed by atoms with Crippen molar-refractivity contribution in [2.24, 2.45) is 4.99 Å². The third-order valence-electron chi connectivity index (χ3n) is 4.12. The SMILES string of the molecule is CN=C(NCCNC(=O)Cc1ccc(F)cc1)NCCc1ccccc1OC. The monoisotopic (exact) mass is 386 g/mol. The van der Waals surface area contributed by atoms with E-state index in [9.17, 15) is 9.18 Å². The first-order valence-electron chi connectivity index (χ1n) is 9.20. The van der Waals surface area contributed by atoms with Crippen LogP contribution >= 0.6 is 0 Å². The molecule has 28 heavy (non-hydrogen) atoms. The van der Waals surface area contributed by atoms with Gasteiger partial charge in [-0.1, -0.05) is 30.3 Å². The van der Waals surface area contributed by atoms with E-state index in [2.05, 4.69) is 20.9 Å². The Kier molecular flexibility index (Phi) is 8.78. The first kappa shape index (κ1) is 21.2. The molecule has 0 aliphatic heterocycles. The molecule has 0 atom stereocenters. The fourth-order valence-corrected chi connectivity index (χ4v) is 2.68. The number of guanidine groups is 1. The Labute approximate surface area is 165 Å². The number of halogens is 1. The van der Waals surface area contributed by atoms with Gasteiger partial charge in [0.05, 0.1) is 13.5 Å². The van der Waals surface area contributed by atoms with Crippen molar-refractivity contribution in [3.8, 4) is 5.75 Å². The van der Waals surface area contributed by atoms with Crippen LogP contribution < -0.4 is 20.7 Å². The molecule has 2 aromatic rings. The van der Waals surface area contributed by atoms with Crippen molar-refractivity contribution in [1.82, 2.24) is 16.0 Å². The van der Waals surface area contributed by atoms with Crippen molar-refractivity contribution < 1.29 is 13.9 Å². The topological polar surface area (TPSA) is 74.8 Å². The zero-order valence-electron chi connectivity index (χ0n) is 16.3. The number of carbonyl (C=O) groups is 1. The van der Waals surface area contributed by atoms with E-state index in [1.807, 2.05) is 24.3 Å². The number of nitrogens with one attached hydrogen (secondary N) is 3. The maximum absolute atomic E-state index is 12.9. The summed E-state index contributed by atoms with van der Waals surface area (Å²) in [6, 6.07) is 13.8. The lowest BCUT2D eigenvalue weighted by atomic mass is 10.1. The van der Waals surface area contributed by atoms with Gasteiger partial charge in [0.2, 0.25) is 5.91 Å². The highest BCUT2D eigenvalue weighted by Crippen LogP contribution is 2.17. The molecule has 0 aromatic heterocycles. The van der Waals surface area contributed by atoms with Crippen LogP contribution in [0.1, 0.15) is 11.1 Å². The maximum Gasteiger partial charge on any atom is 0.224 e. The summed E-state index contributed by atoms with van der Waals surface area (Å²) < 4.78 is 18.2. The first-order valence-corrected chi connectivity index (χ1v) is 9.20. The average molecular weight is 386 g/mol. The van der Waals surface area contributed by atoms with E-state index < -0.39 is 0 Å². The summed E-state index contributed by atoms with van der Waals surface area (Å²) in [4.78, 5) is 16.1. The van der Waals surface area contributed by atoms with Crippen LogP contribution in [0.2, 0.25) is 0 Å². The Morgan fingerprint density at radius 3 is 2.39 bits per heavy atom. The van der Waals surface area contributed by atoms with Gasteiger partial charge >= 0.3 is 0 Å². The van der Waals surface area contributed by atoms with Crippen LogP contribution in [0.3, 0.4) is 0 Å². The van der Waals surface area contributed by atoms with Gasteiger partial charge < -0.3 is 20.7 Å². The highest BCUT2D eigenvalue weighted by Gasteiger charge is 2.04. The Morgan fingerprint density at radius 1 is 1.00 bits per heavy atom. The highest BCUT2D eigenvalue weighted by molar-refractivity contribution is 5.80. The number of aliphatic imine (C=N–C) groups is 1. The molecular formula is C21H27FN4O2. The molecule has 3 N–H and O–H groups in total. The zero-order valence-corrected chi connectivity index (χ0v) is 16.3. The second-order valence-corrected chi connectivity index (χ2v) is 6.14. The molecule has 0 saturated heterocycles. The molecule has 0 bridgehead atoms. The number of benzene rings is 2. The Bertz CT molecular complexity index is 778. The lowest BCUT2D eigenvalue weighted by Crippen LogP contribution is -2.42. The Balaban J connectivity index is 1.64. The van der Waals surface area contributed by atoms with Gasteiger partial charge in [-0.15, -0.1) is 0 Å². The van der Waals surface area contributed by atoms with Crippen molar-refractivity contribution in [2.45, 2.75) is 12.8 Å². The largest absolute Gasteiger partial charge is 0.496 e. The number of rotatable bonds is 9. The lowest BCUT2D eigenvalue weighted by Gasteiger charge is -2.13. The predicted octanol–water partition coefficient (Wildman–Crippen LogP) is 1.90. The molecule has 0 heterocycles. The predicted molar refractivity (Wildman–Crippen MR) is 109 cm³/mol. The van der Waals surface area contributed by atoms with Crippen molar-refractivity contribution >= 4 is 11.9 Å². The summed E-state index contributed by atoms with van der Waals surface area (Å²) >= 11 is 0. The number of hydrogen-bond acceptors (Lipinski definition) is 3. The number of amides is 1. The van der Waals surface area contributed by atoms with E-state index >= 15 is 0 Å². The average Bonchev–Trinajstić information content (AvgIpc) is 2.71. The molecule has 2 aromatic carbocycles. The van der Waals surface area contributed by atoms with Gasteiger partial charge in [-0.3, -0.25) is 9.79 Å². The van der Waals surface area contributed by atoms with Gasteiger partial charge in [0.25, 0.3) is 0 Å². The molecule has 0 aliphatic carbocycles. The molecule has 0 unspecified atom stereocenters. The highest BCUT2D eigenvalue weighted by atomic mass is 19.1. The summed E-state index contributed by atoms with van der Waals surface area (Å²) in [7, 11) is 3.36. The standard InChI is InChI=1S/C21H27FN4O2/c1-23-21(25-12-11-17-5-3-4-6-19(17)28-2)26-14-13-24-20(27)15-16-7-9-18(22)10-8-16/h3-10H,11-15H2,1-2H3,(H,24,27)(H2,23,25,26). The molecule has 150 valence electrons. The summed E-state index contributed by atoms with van der Waals surface area (Å²) in [5, 5.41) is 9.22. The Hall–Kier alpha value is -3.09. The van der Waals surface area contributed by atoms with Crippen LogP contribution in [0.25, 0.3) is 0 Å². The second-order valence-electron chi connectivity index (χ2n) is 6.14. The number of methoxy groups -OCH3 is 1. The molecule has 0 radical (unpaired) electrons. The molecular weight excluding hydrogens is 359 g/mol. The minimum absolute atomic E-state index is 0.104. The van der Waals surface area contributed by atoms with Crippen LogP contribution in [0.4, 0.5) is 4.39 Å². The smallest absolute Gasteiger partial charge is 0.224 e. The van der Waals surface area contributed by atoms with Crippen LogP contribution in [-0.2, 0) is 17.6 Å². The molecule has 0 aliphatic rings. The molecule has 2 rings (SSSR count). The van der Waals surface area contributed by atoms with Crippen LogP contribution in [0, 0.1) is 5.82 Å². The van der Waals surface area contributed by atoms with Gasteiger partial charge in [0, 0.05) is 26.7 Å². The fraction of sp³-hybridized carbons (Fsp3) is 0.333. The lowest BCUT2D eigenvalue weighted by molar-refractivity contribution is -0.120. The first-order chi connectivity index (χ1) is 13.6. The number of para-hydroxylation sites is 1. The molecule has 1 amide bonds. The normalized spacial score (nSPS) is 11.0. The fourth-order valence-electron chi connectivity index (χ4n) is 2.68. The zero-order chi connectivity index (χ0) is 20.2. The van der Waals surface area contributed by atoms with Crippen LogP contribution in [-0.4, -0.2) is 45.7 Å². The van der Waals surface area contributed by atoms with Gasteiger partial charge in [0.1, 0.15) is 11.6 Å². The van der Waals surface area contributed by atoms with Gasteiger partial charge in [-0.25, -0.2) is 4.39 Å². The Morgan fingerprint density at radius 2 is 1.68 bits per heavy atom. The molecule has 0 spiro atoms. The minimum atomic E-state index is -0.307. The number of carbonyl (C=O) groups excluding carboxylic acids is 1. The molecule has 7 heteroatoms. The summed E-state index contributed by atoms with van der Waals surface area (Å²) in [5.41, 5.74) is 1.90. The third kappa shape index (κ3) is 7.26. The van der Waals surface area contributed by atoms with Gasteiger partial charge in [0.15, 0.2) is 5.96 Å². The summed E-state index contributed by atoms with van der Waals surface area (Å²) in [5.74, 6) is 1.13. The summed E-state index contributed by atoms with van der Waals surface area (Å²) in [6.45, 7) is 1.72. The van der Waals surface area contributed by atoms with Crippen molar-refractivity contribution in [1.29, 1.82) is 0 Å². The number of hydrogen-bond donors (Lipinski definition) is 3. The van der Waals surface area contributed by atoms with E-state index in [1.54, 1.807) is 26.3 Å². The van der Waals surface area contributed by atoms with Crippen LogP contribution in [0.15, 0.2) is 53.5 Å². The van der Waals surface area contributed by atoms with E-state index in [0.717, 1.165) is 23.3 Å². The number of nitrogens with zero attached hydrogens (tertiary/aromatic N) is 1. The molecule has 0 fully saturated rings. The van der Waals surface area contributed by atoms with Crippen molar-refractivity contribution in [3.63, 3.8) is 0 Å². The maximum atomic E-state index is 12.9. The van der Waals surface area contributed by atoms with Gasteiger partial charge in [-0.2, -0.15) is 0 Å². The quantitative estimate of drug-likeness (QED) is 0.350. The minimum Gasteiger partial charge on any atom is -0.496 e.